The summed E-state index contributed by atoms with van der Waals surface area (Å²) in [6, 6.07) is 11.8. The molecule has 0 saturated heterocycles. The van der Waals surface area contributed by atoms with E-state index in [-0.39, 0.29) is 29.3 Å². The number of nitrogens with zero attached hydrogens (tertiary/aromatic N) is 1. The topological polar surface area (TPSA) is 85.3 Å². The zero-order valence-corrected chi connectivity index (χ0v) is 17.3. The fourth-order valence-corrected chi connectivity index (χ4v) is 3.30. The molecule has 0 atom stereocenters. The number of aromatic hydroxyl groups is 1. The molecule has 1 N–H and O–H groups in total. The molecule has 0 spiro atoms. The van der Waals surface area contributed by atoms with Gasteiger partial charge in [0.1, 0.15) is 5.75 Å². The minimum Gasteiger partial charge on any atom is -0.504 e. The van der Waals surface area contributed by atoms with Gasteiger partial charge in [-0.05, 0) is 50.3 Å². The highest BCUT2D eigenvalue weighted by Crippen LogP contribution is 2.38. The standard InChI is InChI=1S/C23H23NO6/c1-5-30-23(27)20-14(2)24(16-9-11-17(28-3)12-10-16)22(26)18(20)13-15-7-6-8-19(29-4)21(15)25/h6-13,25H,5H2,1-4H3/b18-13-. The van der Waals surface area contributed by atoms with Crippen LogP contribution in [0.15, 0.2) is 59.3 Å². The van der Waals surface area contributed by atoms with Crippen LogP contribution >= 0.6 is 0 Å². The number of anilines is 1. The van der Waals surface area contributed by atoms with Gasteiger partial charge >= 0.3 is 5.97 Å². The van der Waals surface area contributed by atoms with E-state index in [2.05, 4.69) is 0 Å². The Bertz CT molecular complexity index is 1040. The van der Waals surface area contributed by atoms with Crippen LogP contribution in [0.4, 0.5) is 5.69 Å². The summed E-state index contributed by atoms with van der Waals surface area (Å²) in [5.41, 5.74) is 1.66. The number of para-hydroxylation sites is 1. The van der Waals surface area contributed by atoms with Crippen LogP contribution in [-0.2, 0) is 14.3 Å². The third-order valence-corrected chi connectivity index (χ3v) is 4.76. The molecular weight excluding hydrogens is 386 g/mol. The van der Waals surface area contributed by atoms with Crippen molar-refractivity contribution in [1.82, 2.24) is 0 Å². The van der Waals surface area contributed by atoms with Crippen LogP contribution in [0.25, 0.3) is 6.08 Å². The molecule has 156 valence electrons. The van der Waals surface area contributed by atoms with Gasteiger partial charge in [-0.25, -0.2) is 4.79 Å². The number of allylic oxidation sites excluding steroid dienone is 1. The van der Waals surface area contributed by atoms with Crippen molar-refractivity contribution in [3.05, 3.63) is 64.9 Å². The summed E-state index contributed by atoms with van der Waals surface area (Å²) in [4.78, 5) is 27.4. The summed E-state index contributed by atoms with van der Waals surface area (Å²) < 4.78 is 15.5. The molecule has 0 radical (unpaired) electrons. The first-order valence-electron chi connectivity index (χ1n) is 9.37. The van der Waals surface area contributed by atoms with Gasteiger partial charge in [-0.15, -0.1) is 0 Å². The minimum atomic E-state index is -0.604. The van der Waals surface area contributed by atoms with Gasteiger partial charge in [0, 0.05) is 16.9 Å². The fraction of sp³-hybridized carbons (Fsp3) is 0.217. The third-order valence-electron chi connectivity index (χ3n) is 4.76. The molecule has 0 saturated carbocycles. The number of amides is 1. The van der Waals surface area contributed by atoms with Crippen LogP contribution in [-0.4, -0.2) is 37.8 Å². The van der Waals surface area contributed by atoms with E-state index in [1.54, 1.807) is 63.4 Å². The fourth-order valence-electron chi connectivity index (χ4n) is 3.30. The van der Waals surface area contributed by atoms with Gasteiger partial charge in [-0.1, -0.05) is 12.1 Å². The Morgan fingerprint density at radius 3 is 2.40 bits per heavy atom. The lowest BCUT2D eigenvalue weighted by Gasteiger charge is -2.18. The molecule has 0 aromatic heterocycles. The molecule has 7 nitrogen and oxygen atoms in total. The van der Waals surface area contributed by atoms with Crippen LogP contribution in [0.2, 0.25) is 0 Å². The molecule has 2 aromatic rings. The average molecular weight is 409 g/mol. The smallest absolute Gasteiger partial charge is 0.340 e. The quantitative estimate of drug-likeness (QED) is 0.579. The molecule has 3 rings (SSSR count). The molecule has 1 aliphatic heterocycles. The molecule has 1 heterocycles. The molecule has 30 heavy (non-hydrogen) atoms. The van der Waals surface area contributed by atoms with Gasteiger partial charge in [-0.2, -0.15) is 0 Å². The monoisotopic (exact) mass is 409 g/mol. The molecule has 0 bridgehead atoms. The first kappa shape index (κ1) is 21.0. The normalized spacial score (nSPS) is 15.0. The van der Waals surface area contributed by atoms with Crippen LogP contribution in [0.3, 0.4) is 0 Å². The molecule has 1 amide bonds. The first-order chi connectivity index (χ1) is 14.4. The molecule has 0 fully saturated rings. The predicted octanol–water partition coefficient (Wildman–Crippen LogP) is 3.68. The van der Waals surface area contributed by atoms with E-state index < -0.39 is 11.9 Å². The summed E-state index contributed by atoms with van der Waals surface area (Å²) in [7, 11) is 2.99. The number of rotatable bonds is 6. The lowest BCUT2D eigenvalue weighted by molar-refractivity contribution is -0.138. The van der Waals surface area contributed by atoms with E-state index in [1.807, 2.05) is 0 Å². The third kappa shape index (κ3) is 3.74. The second kappa shape index (κ2) is 8.73. The maximum Gasteiger partial charge on any atom is 0.340 e. The molecule has 0 unspecified atom stereocenters. The lowest BCUT2D eigenvalue weighted by Crippen LogP contribution is -2.24. The Kier molecular flexibility index (Phi) is 6.11. The van der Waals surface area contributed by atoms with E-state index in [9.17, 15) is 14.7 Å². The minimum absolute atomic E-state index is 0.121. The SMILES string of the molecule is CCOC(=O)C1=C(C)N(c2ccc(OC)cc2)C(=O)/C1=C\c1cccc(OC)c1O. The lowest BCUT2D eigenvalue weighted by atomic mass is 10.0. The number of ether oxygens (including phenoxy) is 3. The van der Waals surface area contributed by atoms with Crippen molar-refractivity contribution in [2.75, 3.05) is 25.7 Å². The average Bonchev–Trinajstić information content (AvgIpc) is 2.99. The Morgan fingerprint density at radius 1 is 1.10 bits per heavy atom. The first-order valence-corrected chi connectivity index (χ1v) is 9.37. The summed E-state index contributed by atoms with van der Waals surface area (Å²) in [6.45, 7) is 3.55. The Labute approximate surface area is 174 Å². The van der Waals surface area contributed by atoms with E-state index in [0.717, 1.165) is 0 Å². The zero-order chi connectivity index (χ0) is 21.8. The van der Waals surface area contributed by atoms with E-state index in [1.165, 1.54) is 18.1 Å². The Morgan fingerprint density at radius 2 is 1.80 bits per heavy atom. The summed E-state index contributed by atoms with van der Waals surface area (Å²) in [5, 5.41) is 10.4. The van der Waals surface area contributed by atoms with Crippen LogP contribution in [0.1, 0.15) is 19.4 Å². The van der Waals surface area contributed by atoms with Gasteiger partial charge in [0.15, 0.2) is 11.5 Å². The highest BCUT2D eigenvalue weighted by molar-refractivity contribution is 6.24. The van der Waals surface area contributed by atoms with Crippen LogP contribution in [0.5, 0.6) is 17.2 Å². The van der Waals surface area contributed by atoms with Gasteiger partial charge in [0.25, 0.3) is 5.91 Å². The molecular formula is C23H23NO6. The van der Waals surface area contributed by atoms with Crippen molar-refractivity contribution in [2.24, 2.45) is 0 Å². The number of hydrogen-bond donors (Lipinski definition) is 1. The van der Waals surface area contributed by atoms with Gasteiger partial charge in [-0.3, -0.25) is 9.69 Å². The number of phenolic OH excluding ortho intramolecular Hbond substituents is 1. The van der Waals surface area contributed by atoms with Crippen molar-refractivity contribution in [1.29, 1.82) is 0 Å². The Balaban J connectivity index is 2.14. The number of hydrogen-bond acceptors (Lipinski definition) is 6. The van der Waals surface area contributed by atoms with Crippen LogP contribution in [0, 0.1) is 0 Å². The number of carbonyl (C=O) groups is 2. The van der Waals surface area contributed by atoms with E-state index in [4.69, 9.17) is 14.2 Å². The molecule has 2 aromatic carbocycles. The summed E-state index contributed by atoms with van der Waals surface area (Å²) in [5.74, 6) is -0.213. The van der Waals surface area contributed by atoms with Crippen LogP contribution < -0.4 is 14.4 Å². The largest absolute Gasteiger partial charge is 0.504 e. The van der Waals surface area contributed by atoms with Crippen molar-refractivity contribution in [3.63, 3.8) is 0 Å². The second-order valence-corrected chi connectivity index (χ2v) is 6.48. The van der Waals surface area contributed by atoms with E-state index in [0.29, 0.717) is 22.7 Å². The number of esters is 1. The highest BCUT2D eigenvalue weighted by Gasteiger charge is 2.38. The van der Waals surface area contributed by atoms with Gasteiger partial charge < -0.3 is 19.3 Å². The molecule has 0 aliphatic carbocycles. The molecule has 7 heteroatoms. The number of methoxy groups -OCH3 is 2. The van der Waals surface area contributed by atoms with Gasteiger partial charge in [0.05, 0.1) is 32.0 Å². The number of carbonyl (C=O) groups excluding carboxylic acids is 2. The Hall–Kier alpha value is -3.74. The van der Waals surface area contributed by atoms with Crippen molar-refractivity contribution >= 4 is 23.6 Å². The predicted molar refractivity (Wildman–Crippen MR) is 112 cm³/mol. The summed E-state index contributed by atoms with van der Waals surface area (Å²) in [6.07, 6.45) is 1.47. The maximum atomic E-state index is 13.3. The molecule has 1 aliphatic rings. The number of benzene rings is 2. The highest BCUT2D eigenvalue weighted by atomic mass is 16.5. The van der Waals surface area contributed by atoms with Crippen molar-refractivity contribution < 1.29 is 28.9 Å². The summed E-state index contributed by atoms with van der Waals surface area (Å²) >= 11 is 0. The van der Waals surface area contributed by atoms with Crippen molar-refractivity contribution in [2.45, 2.75) is 13.8 Å². The number of phenols is 1. The zero-order valence-electron chi connectivity index (χ0n) is 17.3. The second-order valence-electron chi connectivity index (χ2n) is 6.48. The van der Waals surface area contributed by atoms with Crippen molar-refractivity contribution in [3.8, 4) is 17.2 Å². The van der Waals surface area contributed by atoms with E-state index >= 15 is 0 Å². The van der Waals surface area contributed by atoms with Gasteiger partial charge in [0.2, 0.25) is 0 Å². The maximum absolute atomic E-state index is 13.3.